The second kappa shape index (κ2) is 5.40. The Bertz CT molecular complexity index is 543. The van der Waals surface area contributed by atoms with Gasteiger partial charge in [-0.05, 0) is 31.2 Å². The standard InChI is InChI=1S/C14H15FN2O/c1-2-18-11-6-3-5-10(9-11)17-13-8-4-7-12(15)14(13)16/h3-9,17H,2,16H2,1H3. The molecule has 18 heavy (non-hydrogen) atoms. The monoisotopic (exact) mass is 246 g/mol. The SMILES string of the molecule is CCOc1cccc(Nc2cccc(F)c2N)c1. The van der Waals surface area contributed by atoms with Crippen molar-refractivity contribution in [1.82, 2.24) is 0 Å². The van der Waals surface area contributed by atoms with Crippen molar-refractivity contribution in [2.45, 2.75) is 6.92 Å². The van der Waals surface area contributed by atoms with Crippen LogP contribution in [0.4, 0.5) is 21.5 Å². The van der Waals surface area contributed by atoms with Crippen molar-refractivity contribution in [1.29, 1.82) is 0 Å². The van der Waals surface area contributed by atoms with Crippen LogP contribution in [0.2, 0.25) is 0 Å². The third kappa shape index (κ3) is 2.71. The van der Waals surface area contributed by atoms with Crippen molar-refractivity contribution in [3.63, 3.8) is 0 Å². The van der Waals surface area contributed by atoms with Gasteiger partial charge >= 0.3 is 0 Å². The minimum atomic E-state index is -0.430. The molecule has 0 heterocycles. The smallest absolute Gasteiger partial charge is 0.148 e. The summed E-state index contributed by atoms with van der Waals surface area (Å²) in [5.74, 6) is 0.332. The lowest BCUT2D eigenvalue weighted by Gasteiger charge is -2.11. The molecular weight excluding hydrogens is 231 g/mol. The number of halogens is 1. The summed E-state index contributed by atoms with van der Waals surface area (Å²) in [6, 6.07) is 12.1. The molecule has 3 N–H and O–H groups in total. The van der Waals surface area contributed by atoms with Crippen molar-refractivity contribution in [3.05, 3.63) is 48.3 Å². The van der Waals surface area contributed by atoms with Crippen LogP contribution in [0, 0.1) is 5.82 Å². The van der Waals surface area contributed by atoms with E-state index in [2.05, 4.69) is 5.32 Å². The van der Waals surface area contributed by atoms with Gasteiger partial charge in [0.2, 0.25) is 0 Å². The van der Waals surface area contributed by atoms with Crippen molar-refractivity contribution in [3.8, 4) is 5.75 Å². The largest absolute Gasteiger partial charge is 0.494 e. The molecule has 0 saturated heterocycles. The molecule has 0 fully saturated rings. The highest BCUT2D eigenvalue weighted by Gasteiger charge is 2.04. The first kappa shape index (κ1) is 12.2. The Balaban J connectivity index is 2.23. The number of anilines is 3. The van der Waals surface area contributed by atoms with E-state index in [1.54, 1.807) is 12.1 Å². The van der Waals surface area contributed by atoms with E-state index >= 15 is 0 Å². The molecule has 0 spiro atoms. The number of hydrogen-bond acceptors (Lipinski definition) is 3. The van der Waals surface area contributed by atoms with Gasteiger partial charge in [0, 0.05) is 11.8 Å². The van der Waals surface area contributed by atoms with Crippen molar-refractivity contribution in [2.24, 2.45) is 0 Å². The molecule has 2 rings (SSSR count). The first-order chi connectivity index (χ1) is 8.70. The molecule has 0 aliphatic heterocycles. The lowest BCUT2D eigenvalue weighted by molar-refractivity contribution is 0.340. The second-order valence-electron chi connectivity index (χ2n) is 3.79. The molecule has 0 aliphatic rings. The van der Waals surface area contributed by atoms with Crippen LogP contribution in [-0.4, -0.2) is 6.61 Å². The van der Waals surface area contributed by atoms with Crippen molar-refractivity contribution < 1.29 is 9.13 Å². The van der Waals surface area contributed by atoms with Gasteiger partial charge in [0.05, 0.1) is 18.0 Å². The zero-order chi connectivity index (χ0) is 13.0. The fraction of sp³-hybridized carbons (Fsp3) is 0.143. The molecule has 0 saturated carbocycles. The highest BCUT2D eigenvalue weighted by molar-refractivity contribution is 5.73. The van der Waals surface area contributed by atoms with Crippen LogP contribution < -0.4 is 15.8 Å². The maximum absolute atomic E-state index is 13.3. The predicted molar refractivity (Wildman–Crippen MR) is 71.7 cm³/mol. The first-order valence-electron chi connectivity index (χ1n) is 5.74. The Hall–Kier alpha value is -2.23. The van der Waals surface area contributed by atoms with Crippen molar-refractivity contribution >= 4 is 17.1 Å². The van der Waals surface area contributed by atoms with E-state index in [0.29, 0.717) is 12.3 Å². The third-order valence-corrected chi connectivity index (χ3v) is 2.48. The maximum Gasteiger partial charge on any atom is 0.148 e. The normalized spacial score (nSPS) is 10.1. The number of para-hydroxylation sites is 1. The van der Waals surface area contributed by atoms with Crippen LogP contribution in [0.25, 0.3) is 0 Å². The summed E-state index contributed by atoms with van der Waals surface area (Å²) >= 11 is 0. The summed E-state index contributed by atoms with van der Waals surface area (Å²) in [6.45, 7) is 2.52. The van der Waals surface area contributed by atoms with Gasteiger partial charge in [0.15, 0.2) is 0 Å². The summed E-state index contributed by atoms with van der Waals surface area (Å²) in [5, 5.41) is 3.07. The number of nitrogens with two attached hydrogens (primary N) is 1. The Kier molecular flexibility index (Phi) is 3.67. The Labute approximate surface area is 105 Å². The topological polar surface area (TPSA) is 47.3 Å². The van der Waals surface area contributed by atoms with Crippen LogP contribution in [0.5, 0.6) is 5.75 Å². The van der Waals surface area contributed by atoms with Gasteiger partial charge in [0.25, 0.3) is 0 Å². The molecule has 0 aliphatic carbocycles. The van der Waals surface area contributed by atoms with Crippen molar-refractivity contribution in [2.75, 3.05) is 17.7 Å². The number of ether oxygens (including phenoxy) is 1. The lowest BCUT2D eigenvalue weighted by atomic mass is 10.2. The van der Waals surface area contributed by atoms with E-state index < -0.39 is 5.82 Å². The van der Waals surface area contributed by atoms with Gasteiger partial charge in [0.1, 0.15) is 11.6 Å². The maximum atomic E-state index is 13.3. The van der Waals surface area contributed by atoms with Gasteiger partial charge in [-0.2, -0.15) is 0 Å². The molecule has 0 amide bonds. The Morgan fingerprint density at radius 2 is 2.00 bits per heavy atom. The molecule has 0 bridgehead atoms. The number of hydrogen-bond donors (Lipinski definition) is 2. The summed E-state index contributed by atoms with van der Waals surface area (Å²) in [7, 11) is 0. The minimum Gasteiger partial charge on any atom is -0.494 e. The molecule has 0 atom stereocenters. The lowest BCUT2D eigenvalue weighted by Crippen LogP contribution is -1.99. The van der Waals surface area contributed by atoms with Crippen LogP contribution >= 0.6 is 0 Å². The predicted octanol–water partition coefficient (Wildman–Crippen LogP) is 3.55. The van der Waals surface area contributed by atoms with E-state index in [1.165, 1.54) is 6.07 Å². The molecule has 0 unspecified atom stereocenters. The Morgan fingerprint density at radius 1 is 1.22 bits per heavy atom. The van der Waals surface area contributed by atoms with E-state index in [9.17, 15) is 4.39 Å². The molecule has 0 radical (unpaired) electrons. The van der Waals surface area contributed by atoms with Crippen LogP contribution in [-0.2, 0) is 0 Å². The molecule has 0 aromatic heterocycles. The summed E-state index contributed by atoms with van der Waals surface area (Å²) < 4.78 is 18.7. The number of rotatable bonds is 4. The quantitative estimate of drug-likeness (QED) is 0.811. The Morgan fingerprint density at radius 3 is 2.78 bits per heavy atom. The van der Waals surface area contributed by atoms with Crippen LogP contribution in [0.1, 0.15) is 6.92 Å². The fourth-order valence-corrected chi connectivity index (χ4v) is 1.63. The number of nitrogens with one attached hydrogen (secondary N) is 1. The zero-order valence-corrected chi connectivity index (χ0v) is 10.1. The first-order valence-corrected chi connectivity index (χ1v) is 5.74. The molecule has 94 valence electrons. The zero-order valence-electron chi connectivity index (χ0n) is 10.1. The second-order valence-corrected chi connectivity index (χ2v) is 3.79. The van der Waals surface area contributed by atoms with E-state index in [0.717, 1.165) is 11.4 Å². The summed E-state index contributed by atoms with van der Waals surface area (Å²) in [6.07, 6.45) is 0. The van der Waals surface area contributed by atoms with E-state index in [1.807, 2.05) is 31.2 Å². The number of benzene rings is 2. The van der Waals surface area contributed by atoms with E-state index in [-0.39, 0.29) is 5.69 Å². The molecule has 2 aromatic carbocycles. The summed E-state index contributed by atoms with van der Waals surface area (Å²) in [4.78, 5) is 0. The highest BCUT2D eigenvalue weighted by atomic mass is 19.1. The van der Waals surface area contributed by atoms with Crippen LogP contribution in [0.3, 0.4) is 0 Å². The van der Waals surface area contributed by atoms with Gasteiger partial charge in [-0.15, -0.1) is 0 Å². The fourth-order valence-electron chi connectivity index (χ4n) is 1.63. The van der Waals surface area contributed by atoms with Gasteiger partial charge in [-0.25, -0.2) is 4.39 Å². The molecule has 3 nitrogen and oxygen atoms in total. The average molecular weight is 246 g/mol. The average Bonchev–Trinajstić information content (AvgIpc) is 2.36. The van der Waals surface area contributed by atoms with Gasteiger partial charge in [-0.3, -0.25) is 0 Å². The molecular formula is C14H15FN2O. The van der Waals surface area contributed by atoms with E-state index in [4.69, 9.17) is 10.5 Å². The highest BCUT2D eigenvalue weighted by Crippen LogP contribution is 2.26. The molecule has 4 heteroatoms. The van der Waals surface area contributed by atoms with Crippen LogP contribution in [0.15, 0.2) is 42.5 Å². The summed E-state index contributed by atoms with van der Waals surface area (Å²) in [5.41, 5.74) is 7.12. The third-order valence-electron chi connectivity index (χ3n) is 2.48. The minimum absolute atomic E-state index is 0.110. The van der Waals surface area contributed by atoms with Gasteiger partial charge < -0.3 is 15.8 Å². The van der Waals surface area contributed by atoms with Gasteiger partial charge in [-0.1, -0.05) is 12.1 Å². The molecule has 2 aromatic rings. The number of nitrogen functional groups attached to an aromatic ring is 1.